The first-order valence-electron chi connectivity index (χ1n) is 8.57. The normalized spacial score (nSPS) is 23.6. The lowest BCUT2D eigenvalue weighted by atomic mass is 9.84. The van der Waals surface area contributed by atoms with Gasteiger partial charge in [0.1, 0.15) is 0 Å². The third-order valence-electron chi connectivity index (χ3n) is 5.30. The van der Waals surface area contributed by atoms with E-state index in [0.29, 0.717) is 0 Å². The van der Waals surface area contributed by atoms with Gasteiger partial charge in [-0.15, -0.1) is 11.3 Å². The van der Waals surface area contributed by atoms with Crippen molar-refractivity contribution in [2.24, 2.45) is 0 Å². The molecule has 6 nitrogen and oxygen atoms in total. The molecule has 0 saturated carbocycles. The van der Waals surface area contributed by atoms with Crippen LogP contribution in [0.1, 0.15) is 43.0 Å². The van der Waals surface area contributed by atoms with Crippen molar-refractivity contribution >= 4 is 23.2 Å². The highest BCUT2D eigenvalue weighted by atomic mass is 32.1. The minimum Gasteiger partial charge on any atom is -0.352 e. The van der Waals surface area contributed by atoms with Crippen molar-refractivity contribution in [3.8, 4) is 0 Å². The number of carbonyl (C=O) groups is 2. The van der Waals surface area contributed by atoms with Crippen molar-refractivity contribution in [1.82, 2.24) is 20.1 Å². The molecule has 1 atom stereocenters. The first-order chi connectivity index (χ1) is 11.4. The summed E-state index contributed by atoms with van der Waals surface area (Å²) in [6.07, 6.45) is 4.88. The zero-order chi connectivity index (χ0) is 17.3. The lowest BCUT2D eigenvalue weighted by Crippen LogP contribution is -2.52. The second kappa shape index (κ2) is 6.80. The van der Waals surface area contributed by atoms with Crippen LogP contribution in [0.3, 0.4) is 0 Å². The Kier molecular flexibility index (Phi) is 4.92. The first kappa shape index (κ1) is 17.4. The van der Waals surface area contributed by atoms with Crippen LogP contribution < -0.4 is 5.32 Å². The van der Waals surface area contributed by atoms with E-state index in [0.717, 1.165) is 50.4 Å². The molecule has 2 aliphatic rings. The van der Waals surface area contributed by atoms with Crippen LogP contribution >= 0.6 is 11.3 Å². The van der Waals surface area contributed by atoms with E-state index in [2.05, 4.69) is 15.2 Å². The average Bonchev–Trinajstić information content (AvgIpc) is 3.04. The van der Waals surface area contributed by atoms with Crippen LogP contribution in [0.25, 0.3) is 0 Å². The summed E-state index contributed by atoms with van der Waals surface area (Å²) in [5.41, 5.74) is 0.0803. The third-order valence-corrected chi connectivity index (χ3v) is 6.20. The minimum atomic E-state index is 0.0341. The van der Waals surface area contributed by atoms with E-state index in [1.54, 1.807) is 25.2 Å². The van der Waals surface area contributed by atoms with Crippen molar-refractivity contribution in [2.75, 3.05) is 19.6 Å². The maximum Gasteiger partial charge on any atom is 0.219 e. The Morgan fingerprint density at radius 3 is 2.62 bits per heavy atom. The number of hydrogen-bond donors (Lipinski definition) is 1. The molecule has 0 aliphatic carbocycles. The monoisotopic (exact) mass is 350 g/mol. The number of hydrogen-bond acceptors (Lipinski definition) is 5. The molecular weight excluding hydrogens is 324 g/mol. The number of nitrogens with one attached hydrogen (secondary N) is 1. The van der Waals surface area contributed by atoms with Gasteiger partial charge in [0.25, 0.3) is 0 Å². The topological polar surface area (TPSA) is 65.5 Å². The number of aryl methyl sites for hydroxylation is 1. The maximum atomic E-state index is 11.6. The van der Waals surface area contributed by atoms with Gasteiger partial charge in [0, 0.05) is 62.7 Å². The minimum absolute atomic E-state index is 0.0341. The number of piperidine rings is 1. The molecule has 0 radical (unpaired) electrons. The standard InChI is InChI=1S/C17H26N4O2S/c1-12(22)19-15-8-17(4-6-20(7-5-17)14(3)23)21(10-15)11-16-9-18-13(2)24-16/h9,15H,4-8,10-11H2,1-3H3,(H,19,22)/t15-/m0/s1. The molecule has 0 unspecified atom stereocenters. The first-order valence-corrected chi connectivity index (χ1v) is 9.38. The number of thiazole rings is 1. The summed E-state index contributed by atoms with van der Waals surface area (Å²) in [7, 11) is 0. The smallest absolute Gasteiger partial charge is 0.219 e. The molecule has 24 heavy (non-hydrogen) atoms. The van der Waals surface area contributed by atoms with E-state index in [9.17, 15) is 9.59 Å². The molecule has 2 aliphatic heterocycles. The Balaban J connectivity index is 1.75. The Bertz CT molecular complexity index is 622. The largest absolute Gasteiger partial charge is 0.352 e. The van der Waals surface area contributed by atoms with Crippen LogP contribution in [0.2, 0.25) is 0 Å². The van der Waals surface area contributed by atoms with Gasteiger partial charge in [-0.25, -0.2) is 4.98 Å². The Labute approximate surface area is 147 Å². The van der Waals surface area contributed by atoms with Crippen molar-refractivity contribution < 1.29 is 9.59 Å². The fourth-order valence-corrected chi connectivity index (χ4v) is 4.96. The number of amides is 2. The average molecular weight is 350 g/mol. The highest BCUT2D eigenvalue weighted by Crippen LogP contribution is 2.40. The van der Waals surface area contributed by atoms with Gasteiger partial charge < -0.3 is 10.2 Å². The van der Waals surface area contributed by atoms with Crippen molar-refractivity contribution in [2.45, 2.75) is 58.2 Å². The van der Waals surface area contributed by atoms with Crippen LogP contribution in [-0.4, -0.2) is 57.8 Å². The SMILES string of the molecule is CC(=O)N[C@@H]1CN(Cc2cnc(C)s2)C2(CCN(C(C)=O)CC2)C1. The number of carbonyl (C=O) groups excluding carboxylic acids is 2. The van der Waals surface area contributed by atoms with Crippen molar-refractivity contribution in [3.05, 3.63) is 16.1 Å². The molecule has 132 valence electrons. The molecule has 1 N–H and O–H groups in total. The number of nitrogens with zero attached hydrogens (tertiary/aromatic N) is 3. The quantitative estimate of drug-likeness (QED) is 0.898. The molecule has 7 heteroatoms. The molecule has 2 saturated heterocycles. The third kappa shape index (κ3) is 3.62. The van der Waals surface area contributed by atoms with Gasteiger partial charge in [-0.1, -0.05) is 0 Å². The molecule has 0 aromatic carbocycles. The lowest BCUT2D eigenvalue weighted by molar-refractivity contribution is -0.131. The molecule has 3 rings (SSSR count). The Morgan fingerprint density at radius 2 is 2.08 bits per heavy atom. The predicted octanol–water partition coefficient (Wildman–Crippen LogP) is 1.54. The van der Waals surface area contributed by atoms with Crippen molar-refractivity contribution in [3.63, 3.8) is 0 Å². The van der Waals surface area contributed by atoms with E-state index >= 15 is 0 Å². The van der Waals surface area contributed by atoms with E-state index in [1.165, 1.54) is 4.88 Å². The van der Waals surface area contributed by atoms with Gasteiger partial charge >= 0.3 is 0 Å². The molecule has 2 fully saturated rings. The fraction of sp³-hybridized carbons (Fsp3) is 0.706. The maximum absolute atomic E-state index is 11.6. The van der Waals surface area contributed by atoms with E-state index in [4.69, 9.17) is 0 Å². The van der Waals surface area contributed by atoms with Crippen molar-refractivity contribution in [1.29, 1.82) is 0 Å². The van der Waals surface area contributed by atoms with Crippen LogP contribution in [0.5, 0.6) is 0 Å². The van der Waals surface area contributed by atoms with Gasteiger partial charge in [-0.05, 0) is 26.2 Å². The molecule has 1 aromatic heterocycles. The fourth-order valence-electron chi connectivity index (χ4n) is 4.15. The van der Waals surface area contributed by atoms with Crippen LogP contribution in [0.15, 0.2) is 6.20 Å². The molecule has 0 bridgehead atoms. The summed E-state index contributed by atoms with van der Waals surface area (Å²) in [5, 5.41) is 4.18. The Morgan fingerprint density at radius 1 is 1.38 bits per heavy atom. The summed E-state index contributed by atoms with van der Waals surface area (Å²) in [5.74, 6) is 0.192. The zero-order valence-electron chi connectivity index (χ0n) is 14.7. The summed E-state index contributed by atoms with van der Waals surface area (Å²) in [4.78, 5) is 33.2. The van der Waals surface area contributed by atoms with Gasteiger partial charge in [-0.2, -0.15) is 0 Å². The zero-order valence-corrected chi connectivity index (χ0v) is 15.5. The highest BCUT2D eigenvalue weighted by Gasteiger charge is 2.47. The summed E-state index contributed by atoms with van der Waals surface area (Å²) >= 11 is 1.74. The van der Waals surface area contributed by atoms with Crippen LogP contribution in [0.4, 0.5) is 0 Å². The summed E-state index contributed by atoms with van der Waals surface area (Å²) in [6, 6.07) is 0.195. The van der Waals surface area contributed by atoms with E-state index in [-0.39, 0.29) is 23.4 Å². The van der Waals surface area contributed by atoms with Crippen LogP contribution in [-0.2, 0) is 16.1 Å². The van der Waals surface area contributed by atoms with Crippen LogP contribution in [0, 0.1) is 6.92 Å². The Hall–Kier alpha value is -1.47. The second-order valence-electron chi connectivity index (χ2n) is 7.06. The van der Waals surface area contributed by atoms with Gasteiger partial charge in [0.2, 0.25) is 11.8 Å². The summed E-state index contributed by atoms with van der Waals surface area (Å²) < 4.78 is 0. The number of rotatable bonds is 3. The van der Waals surface area contributed by atoms with Gasteiger partial charge in [0.05, 0.1) is 5.01 Å². The van der Waals surface area contributed by atoms with E-state index < -0.39 is 0 Å². The van der Waals surface area contributed by atoms with Gasteiger partial charge in [-0.3, -0.25) is 14.5 Å². The summed E-state index contributed by atoms with van der Waals surface area (Å²) in [6.45, 7) is 8.61. The second-order valence-corrected chi connectivity index (χ2v) is 8.38. The molecule has 1 aromatic rings. The predicted molar refractivity (Wildman–Crippen MR) is 93.7 cm³/mol. The number of likely N-dealkylation sites (tertiary alicyclic amines) is 2. The lowest BCUT2D eigenvalue weighted by Gasteiger charge is -2.44. The van der Waals surface area contributed by atoms with E-state index in [1.807, 2.05) is 18.0 Å². The highest BCUT2D eigenvalue weighted by molar-refractivity contribution is 7.11. The number of aromatic nitrogens is 1. The molecule has 3 heterocycles. The molecule has 1 spiro atoms. The molecular formula is C17H26N4O2S. The van der Waals surface area contributed by atoms with Gasteiger partial charge in [0.15, 0.2) is 0 Å². The molecule has 2 amide bonds.